The van der Waals surface area contributed by atoms with Gasteiger partial charge >= 0.3 is 11.9 Å². The van der Waals surface area contributed by atoms with Crippen molar-refractivity contribution in [3.63, 3.8) is 0 Å². The van der Waals surface area contributed by atoms with Crippen LogP contribution in [0.2, 0.25) is 0 Å². The number of esters is 1. The van der Waals surface area contributed by atoms with Gasteiger partial charge in [-0.15, -0.1) is 0 Å². The van der Waals surface area contributed by atoms with E-state index in [-0.39, 0.29) is 26.1 Å². The second-order valence-electron chi connectivity index (χ2n) is 4.18. The van der Waals surface area contributed by atoms with Crippen LogP contribution in [0.5, 0.6) is 0 Å². The number of carbonyl (C=O) groups is 2. The van der Waals surface area contributed by atoms with Crippen LogP contribution in [0.25, 0.3) is 0 Å². The van der Waals surface area contributed by atoms with Gasteiger partial charge in [0.05, 0.1) is 6.61 Å². The average molecular weight is 260 g/mol. The Morgan fingerprint density at radius 3 is 2.28 bits per heavy atom. The highest BCUT2D eigenvalue weighted by atomic mass is 16.5. The van der Waals surface area contributed by atoms with Crippen LogP contribution < -0.4 is 0 Å². The van der Waals surface area contributed by atoms with E-state index >= 15 is 0 Å². The van der Waals surface area contributed by atoms with Crippen LogP contribution >= 0.6 is 0 Å². The van der Waals surface area contributed by atoms with Crippen LogP contribution in [0.15, 0.2) is 0 Å². The van der Waals surface area contributed by atoms with Crippen LogP contribution in [0, 0.1) is 5.41 Å². The zero-order chi connectivity index (χ0) is 14.0. The third-order valence-corrected chi connectivity index (χ3v) is 2.99. The quantitative estimate of drug-likeness (QED) is 0.370. The summed E-state index contributed by atoms with van der Waals surface area (Å²) in [4.78, 5) is 23.1. The average Bonchev–Trinajstić information content (AvgIpc) is 2.34. The van der Waals surface area contributed by atoms with E-state index < -0.39 is 17.4 Å². The van der Waals surface area contributed by atoms with Crippen molar-refractivity contribution >= 4 is 11.9 Å². The Bertz CT molecular complexity index is 264. The fourth-order valence-electron chi connectivity index (χ4n) is 1.63. The second kappa shape index (κ2) is 8.91. The molecule has 0 aromatic carbocycles. The minimum absolute atomic E-state index is 0.154. The lowest BCUT2D eigenvalue weighted by Crippen LogP contribution is -2.41. The van der Waals surface area contributed by atoms with Crippen molar-refractivity contribution in [1.29, 1.82) is 0 Å². The van der Waals surface area contributed by atoms with Gasteiger partial charge in [0, 0.05) is 13.2 Å². The summed E-state index contributed by atoms with van der Waals surface area (Å²) in [7, 11) is 0. The summed E-state index contributed by atoms with van der Waals surface area (Å²) in [5.74, 6) is -1.80. The molecule has 0 aliphatic rings. The zero-order valence-corrected chi connectivity index (χ0v) is 11.5. The first-order chi connectivity index (χ1) is 8.55. The lowest BCUT2D eigenvalue weighted by atomic mass is 9.82. The number of carboxylic acids is 1. The molecule has 0 radical (unpaired) electrons. The summed E-state index contributed by atoms with van der Waals surface area (Å²) >= 11 is 0. The topological polar surface area (TPSA) is 72.8 Å². The van der Waals surface area contributed by atoms with Crippen LogP contribution in [0.3, 0.4) is 0 Å². The van der Waals surface area contributed by atoms with Gasteiger partial charge in [-0.1, -0.05) is 20.3 Å². The monoisotopic (exact) mass is 260 g/mol. The van der Waals surface area contributed by atoms with Crippen LogP contribution in [-0.2, 0) is 19.1 Å². The van der Waals surface area contributed by atoms with Crippen LogP contribution in [0.4, 0.5) is 0 Å². The molecule has 0 bridgehead atoms. The molecular formula is C13H24O5. The Morgan fingerprint density at radius 1 is 1.17 bits per heavy atom. The number of aliphatic carboxylic acids is 1. The molecule has 0 saturated heterocycles. The molecule has 0 aromatic heterocycles. The SMILES string of the molecule is CCCCOCCC(CC)(C(=O)O)C(=O)OCC. The molecule has 0 fully saturated rings. The van der Waals surface area contributed by atoms with E-state index in [1.807, 2.05) is 0 Å². The fourth-order valence-corrected chi connectivity index (χ4v) is 1.63. The summed E-state index contributed by atoms with van der Waals surface area (Å²) < 4.78 is 10.2. The van der Waals surface area contributed by atoms with Gasteiger partial charge in [0.2, 0.25) is 0 Å². The Kier molecular flexibility index (Phi) is 8.37. The summed E-state index contributed by atoms with van der Waals surface area (Å²) in [5.41, 5.74) is -1.47. The normalized spacial score (nSPS) is 13.9. The maximum atomic E-state index is 11.8. The molecule has 5 nitrogen and oxygen atoms in total. The second-order valence-corrected chi connectivity index (χ2v) is 4.18. The Labute approximate surface area is 108 Å². The molecule has 18 heavy (non-hydrogen) atoms. The van der Waals surface area contributed by atoms with Crippen molar-refractivity contribution in [1.82, 2.24) is 0 Å². The van der Waals surface area contributed by atoms with E-state index in [9.17, 15) is 14.7 Å². The van der Waals surface area contributed by atoms with E-state index in [2.05, 4.69) is 6.92 Å². The molecule has 0 saturated carbocycles. The molecule has 0 aliphatic heterocycles. The first kappa shape index (κ1) is 16.9. The number of ether oxygens (including phenoxy) is 2. The van der Waals surface area contributed by atoms with Crippen molar-refractivity contribution < 1.29 is 24.2 Å². The first-order valence-electron chi connectivity index (χ1n) is 6.53. The third-order valence-electron chi connectivity index (χ3n) is 2.99. The van der Waals surface area contributed by atoms with Crippen molar-refractivity contribution in [3.8, 4) is 0 Å². The molecule has 0 amide bonds. The molecule has 0 heterocycles. The summed E-state index contributed by atoms with van der Waals surface area (Å²) in [6.45, 7) is 6.44. The number of carboxylic acid groups (broad SMARTS) is 1. The van der Waals surface area contributed by atoms with E-state index in [1.54, 1.807) is 13.8 Å². The Balaban J connectivity index is 4.47. The molecule has 106 valence electrons. The molecule has 5 heteroatoms. The highest BCUT2D eigenvalue weighted by Crippen LogP contribution is 2.29. The van der Waals surface area contributed by atoms with Gasteiger partial charge in [-0.05, 0) is 26.2 Å². The standard InChI is InChI=1S/C13H24O5/c1-4-7-9-17-10-8-13(5-2,11(14)15)12(16)18-6-3/h4-10H2,1-3H3,(H,14,15). The molecular weight excluding hydrogens is 236 g/mol. The summed E-state index contributed by atoms with van der Waals surface area (Å²) in [6.07, 6.45) is 2.32. The molecule has 1 N–H and O–H groups in total. The van der Waals surface area contributed by atoms with Gasteiger partial charge in [-0.2, -0.15) is 0 Å². The Hall–Kier alpha value is -1.10. The number of rotatable bonds is 10. The predicted octanol–water partition coefficient (Wildman–Crippen LogP) is 2.24. The lowest BCUT2D eigenvalue weighted by Gasteiger charge is -2.25. The van der Waals surface area contributed by atoms with Crippen molar-refractivity contribution in [3.05, 3.63) is 0 Å². The van der Waals surface area contributed by atoms with Gasteiger partial charge < -0.3 is 14.6 Å². The summed E-state index contributed by atoms with van der Waals surface area (Å²) in [6, 6.07) is 0. The highest BCUT2D eigenvalue weighted by molar-refractivity contribution is 5.99. The van der Waals surface area contributed by atoms with Crippen molar-refractivity contribution in [2.24, 2.45) is 5.41 Å². The third kappa shape index (κ3) is 4.64. The van der Waals surface area contributed by atoms with Gasteiger partial charge in [-0.3, -0.25) is 9.59 Å². The van der Waals surface area contributed by atoms with Gasteiger partial charge in [-0.25, -0.2) is 0 Å². The van der Waals surface area contributed by atoms with E-state index in [4.69, 9.17) is 9.47 Å². The first-order valence-corrected chi connectivity index (χ1v) is 6.53. The fraction of sp³-hybridized carbons (Fsp3) is 0.846. The van der Waals surface area contributed by atoms with E-state index in [1.165, 1.54) is 0 Å². The van der Waals surface area contributed by atoms with Crippen LogP contribution in [0.1, 0.15) is 46.5 Å². The van der Waals surface area contributed by atoms with Crippen molar-refractivity contribution in [2.75, 3.05) is 19.8 Å². The largest absolute Gasteiger partial charge is 0.480 e. The highest BCUT2D eigenvalue weighted by Gasteiger charge is 2.45. The van der Waals surface area contributed by atoms with Crippen LogP contribution in [-0.4, -0.2) is 36.9 Å². The van der Waals surface area contributed by atoms with Crippen molar-refractivity contribution in [2.45, 2.75) is 46.5 Å². The minimum Gasteiger partial charge on any atom is -0.480 e. The number of carbonyl (C=O) groups excluding carboxylic acids is 1. The minimum atomic E-state index is -1.47. The lowest BCUT2D eigenvalue weighted by molar-refractivity contribution is -0.170. The molecule has 0 spiro atoms. The molecule has 1 atom stereocenters. The van der Waals surface area contributed by atoms with Gasteiger partial charge in [0.1, 0.15) is 0 Å². The van der Waals surface area contributed by atoms with E-state index in [0.29, 0.717) is 6.61 Å². The van der Waals surface area contributed by atoms with E-state index in [0.717, 1.165) is 12.8 Å². The molecule has 0 aromatic rings. The summed E-state index contributed by atoms with van der Waals surface area (Å²) in [5, 5.41) is 9.27. The maximum absolute atomic E-state index is 11.8. The Morgan fingerprint density at radius 2 is 1.83 bits per heavy atom. The number of unbranched alkanes of at least 4 members (excludes halogenated alkanes) is 1. The van der Waals surface area contributed by atoms with Gasteiger partial charge in [0.25, 0.3) is 0 Å². The maximum Gasteiger partial charge on any atom is 0.323 e. The molecule has 0 rings (SSSR count). The van der Waals surface area contributed by atoms with Gasteiger partial charge in [0.15, 0.2) is 5.41 Å². The number of hydrogen-bond acceptors (Lipinski definition) is 4. The zero-order valence-electron chi connectivity index (χ0n) is 11.5. The predicted molar refractivity (Wildman–Crippen MR) is 67.3 cm³/mol. The smallest absolute Gasteiger partial charge is 0.323 e. The molecule has 0 aliphatic carbocycles. The molecule has 1 unspecified atom stereocenters. The number of hydrogen-bond donors (Lipinski definition) is 1.